The molecule has 0 radical (unpaired) electrons. The first-order valence-corrected chi connectivity index (χ1v) is 40.7. The summed E-state index contributed by atoms with van der Waals surface area (Å²) in [5.41, 5.74) is 4.89. The Morgan fingerprint density at radius 3 is 1.97 bits per heavy atom. The highest BCUT2D eigenvalue weighted by atomic mass is 35.5. The summed E-state index contributed by atoms with van der Waals surface area (Å²) in [5.74, 6) is -18.4. The Kier molecular flexibility index (Phi) is 29.6. The Labute approximate surface area is 739 Å². The summed E-state index contributed by atoms with van der Waals surface area (Å²) in [7, 11) is 1.45. The quantitative estimate of drug-likeness (QED) is 0.0449. The van der Waals surface area contributed by atoms with Gasteiger partial charge in [0.05, 0.1) is 47.7 Å². The fraction of sp³-hybridized carbons (Fsp3) is 0.398. The highest BCUT2D eigenvalue weighted by molar-refractivity contribution is 6.32. The number of ether oxygens (including phenoxy) is 7. The SMILES string of the molecule is CN[C@H](CC(C)C)C(=O)N[C@H]1C(=O)N[C@@H](CC(N)=O)C(=O)NC2C(=O)N[C@H]3C(=O)N[C@H](C(=O)N[C@@H](C(=O)NNC(C)=O)c4cc(O)cc(O)c4-c4cc3ccc4O)[C@H](O)c3ccc(c(Cl)c3)Oc3cc2cc(c3O[C@@H]2O[C@H](CO)[C@@H](O)[C@H](O)[C@H]2O[C@H]2C[C@](C)(NCCn3ccc(NC(=O)Cc4ccc(OC(F)(F)F)cc4)nc3=O)[C@H](O)[C@H](C)O2)Oc2ccc(cc2Cl)[C@H]1O. The number of hydrogen-bond donors (Lipinski definition) is 21. The average molecular weight is 1840 g/mol. The van der Waals surface area contributed by atoms with Gasteiger partial charge in [0.15, 0.2) is 23.9 Å². The lowest BCUT2D eigenvalue weighted by Crippen LogP contribution is -2.65. The number of amides is 10. The number of fused-ring (bicyclic) bond motifs is 15. The monoisotopic (exact) mass is 1840 g/mol. The lowest BCUT2D eigenvalue weighted by Gasteiger charge is -2.48. The van der Waals surface area contributed by atoms with Crippen LogP contribution in [0.5, 0.6) is 51.7 Å². The molecule has 0 aliphatic carbocycles. The number of nitrogens with zero attached hydrogens (tertiary/aromatic N) is 2. The Morgan fingerprint density at radius 2 is 1.36 bits per heavy atom. The van der Waals surface area contributed by atoms with E-state index in [0.29, 0.717) is 5.56 Å². The summed E-state index contributed by atoms with van der Waals surface area (Å²) in [6, 6.07) is 4.57. The van der Waals surface area contributed by atoms with E-state index in [0.717, 1.165) is 96.4 Å². The molecule has 6 aromatic carbocycles. The third-order valence-electron chi connectivity index (χ3n) is 21.7. The largest absolute Gasteiger partial charge is 0.573 e. The number of hydrazine groups is 1. The molecule has 1 unspecified atom stereocenters. The van der Waals surface area contributed by atoms with Crippen LogP contribution in [-0.2, 0) is 75.1 Å². The number of benzene rings is 6. The summed E-state index contributed by atoms with van der Waals surface area (Å²) < 4.78 is 82.5. The summed E-state index contributed by atoms with van der Waals surface area (Å²) in [6.07, 6.45) is -24.0. The molecule has 8 heterocycles. The van der Waals surface area contributed by atoms with Crippen LogP contribution in [0.15, 0.2) is 120 Å². The van der Waals surface area contributed by atoms with Crippen LogP contribution in [0.4, 0.5) is 19.0 Å². The molecule has 10 amide bonds. The second kappa shape index (κ2) is 40.0. The summed E-state index contributed by atoms with van der Waals surface area (Å²) in [5, 5.41) is 129. The van der Waals surface area contributed by atoms with Crippen LogP contribution in [0.1, 0.15) is 118 Å². The molecule has 2 saturated heterocycles. The highest BCUT2D eigenvalue weighted by Crippen LogP contribution is 2.50. The van der Waals surface area contributed by atoms with Crippen molar-refractivity contribution in [1.82, 2.24) is 62.9 Å². The van der Waals surface area contributed by atoms with Gasteiger partial charge in [-0.3, -0.25) is 63.4 Å². The number of phenols is 3. The van der Waals surface area contributed by atoms with E-state index in [4.69, 9.17) is 57.4 Å². The van der Waals surface area contributed by atoms with E-state index >= 15 is 24.0 Å². The van der Waals surface area contributed by atoms with Gasteiger partial charge < -0.3 is 133 Å². The number of carbonyl (C=O) groups is 10. The van der Waals surface area contributed by atoms with Crippen LogP contribution < -0.4 is 89.1 Å². The van der Waals surface area contributed by atoms with Crippen LogP contribution in [0.25, 0.3) is 11.1 Å². The second-order valence-electron chi connectivity index (χ2n) is 31.6. The van der Waals surface area contributed by atoms with Gasteiger partial charge in [-0.2, -0.15) is 4.98 Å². The van der Waals surface area contributed by atoms with Crippen molar-refractivity contribution in [3.8, 4) is 62.9 Å². The number of primary amides is 1. The van der Waals surface area contributed by atoms with Crippen molar-refractivity contribution in [2.45, 2.75) is 182 Å². The van der Waals surface area contributed by atoms with Crippen molar-refractivity contribution in [1.29, 1.82) is 0 Å². The predicted molar refractivity (Wildman–Crippen MR) is 441 cm³/mol. The molecule has 690 valence electrons. The van der Waals surface area contributed by atoms with Crippen LogP contribution in [0, 0.1) is 5.92 Å². The zero-order valence-corrected chi connectivity index (χ0v) is 70.6. The number of rotatable bonds is 21. The molecule has 41 nitrogen and oxygen atoms in total. The Hall–Kier alpha value is -12.6. The van der Waals surface area contributed by atoms with Crippen LogP contribution in [0.2, 0.25) is 10.0 Å². The Balaban J connectivity index is 0.980. The molecular weight excluding hydrogens is 1750 g/mol. The number of carbonyl (C=O) groups excluding carboxylic acids is 10. The van der Waals surface area contributed by atoms with Crippen molar-refractivity contribution >= 4 is 88.1 Å². The number of likely N-dealkylation sites (N-methyl/N-ethyl adjacent to an activating group) is 1. The molecule has 11 bridgehead atoms. The van der Waals surface area contributed by atoms with Crippen molar-refractivity contribution in [3.05, 3.63) is 169 Å². The number of aliphatic hydroxyl groups excluding tert-OH is 6. The number of alkyl halides is 3. The van der Waals surface area contributed by atoms with E-state index in [1.807, 2.05) is 0 Å². The summed E-state index contributed by atoms with van der Waals surface area (Å²) in [4.78, 5) is 162. The summed E-state index contributed by atoms with van der Waals surface area (Å²) >= 11 is 14.3. The zero-order chi connectivity index (χ0) is 93.7. The number of nitrogens with two attached hydrogens (primary N) is 1. The van der Waals surface area contributed by atoms with E-state index in [9.17, 15) is 87.9 Å². The van der Waals surface area contributed by atoms with Gasteiger partial charge in [-0.1, -0.05) is 67.4 Å². The van der Waals surface area contributed by atoms with E-state index in [1.165, 1.54) is 44.4 Å². The number of aliphatic hydroxyl groups is 6. The van der Waals surface area contributed by atoms with Gasteiger partial charge in [0.2, 0.25) is 65.2 Å². The van der Waals surface area contributed by atoms with Gasteiger partial charge in [0.1, 0.15) is 107 Å². The number of phenolic OH excluding ortho intramolecular Hbond substituents is 3. The van der Waals surface area contributed by atoms with E-state index in [-0.39, 0.29) is 55.2 Å². The molecule has 22 N–H and O–H groups in total. The average Bonchev–Trinajstić information content (AvgIpc) is 0.764. The first-order chi connectivity index (χ1) is 61.0. The van der Waals surface area contributed by atoms with Crippen LogP contribution in [-0.4, -0.2) is 220 Å². The number of aromatic hydroxyl groups is 3. The number of nitrogens with one attached hydrogen (secondary N) is 11. The predicted octanol–water partition coefficient (Wildman–Crippen LogP) is 1.16. The minimum Gasteiger partial charge on any atom is -0.508 e. The lowest BCUT2D eigenvalue weighted by molar-refractivity contribution is -0.334. The first-order valence-electron chi connectivity index (χ1n) is 39.9. The topological polar surface area (TPSA) is 611 Å². The van der Waals surface area contributed by atoms with Gasteiger partial charge in [0, 0.05) is 55.4 Å². The Bertz CT molecular complexity index is 5530. The molecule has 1 aromatic heterocycles. The van der Waals surface area contributed by atoms with Crippen LogP contribution in [0.3, 0.4) is 0 Å². The number of aromatic nitrogens is 2. The maximum atomic E-state index is 16.3. The van der Waals surface area contributed by atoms with Crippen molar-refractivity contribution < 1.29 is 140 Å². The van der Waals surface area contributed by atoms with Gasteiger partial charge in [-0.25, -0.2) is 4.79 Å². The van der Waals surface area contributed by atoms with E-state index in [1.54, 1.807) is 20.8 Å². The molecule has 14 rings (SSSR count). The summed E-state index contributed by atoms with van der Waals surface area (Å²) in [6.45, 7) is 6.31. The molecule has 7 aromatic rings. The molecule has 18 atom stereocenters. The van der Waals surface area contributed by atoms with Crippen LogP contribution >= 0.6 is 23.2 Å². The van der Waals surface area contributed by atoms with E-state index in [2.05, 4.69) is 68.4 Å². The first kappa shape index (κ1) is 95.5. The van der Waals surface area contributed by atoms with Gasteiger partial charge in [-0.05, 0) is 139 Å². The molecule has 46 heteroatoms. The normalized spacial score (nSPS) is 25.6. The number of halogens is 5. The zero-order valence-electron chi connectivity index (χ0n) is 69.0. The van der Waals surface area contributed by atoms with Gasteiger partial charge in [0.25, 0.3) is 5.91 Å². The Morgan fingerprint density at radius 1 is 0.721 bits per heavy atom. The smallest absolute Gasteiger partial charge is 0.508 e. The standard InChI is InChI=1S/C83H91Cl2F3N14O27/c1-33(2)21-47(90-6)73(115)98-64-66(110)38-10-15-51(45(84)24-38)124-53-26-40-27-54(70(53)128-80-71(69(113)68(112)55(32-103)126-80)127-59-31-82(5,72(114)34(3)123-59)91-18-20-102-19-17-57(94-81(102)122)93-58(109)22-36-7-12-42(13-8-36)129-83(86,87)88)125-52-16-11-39(25-46(52)85)67(111)65-78(120)97-63(79(121)101-100-35(4)104)44-28-41(105)29-50(107)60(44)43-23-37(9-14-49(43)106)61(75(117)99-65)96-76(118)62(40)95-74(116)48(30-56(89)108)92-77(64)119/h7-17,19,23-29,33-34,47-48,55,59,61-69,71-72,80,90-91,103,105-107,110-114H,18,20-22,30-32H2,1-6H3,(H2,89,108)(H,92,119)(H,95,116)(H,96,118)(H,97,120)(H,98,115)(H,99,117)(H,100,104)(H,101,121)(H,93,94,109,122)/t34-,47+,48-,55+,59-,61+,62?,63+,64+,65-,66+,67+,68+,69-,71+,72+,80-,82-/m0/s1. The third-order valence-corrected chi connectivity index (χ3v) is 22.2. The minimum atomic E-state index is -4.94. The van der Waals surface area contributed by atoms with Gasteiger partial charge >= 0.3 is 12.1 Å². The van der Waals surface area contributed by atoms with Crippen molar-refractivity contribution in [2.24, 2.45) is 11.7 Å². The van der Waals surface area contributed by atoms with Crippen molar-refractivity contribution in [3.63, 3.8) is 0 Å². The molecule has 0 spiro atoms. The fourth-order valence-corrected chi connectivity index (χ4v) is 15.6. The van der Waals surface area contributed by atoms with Gasteiger partial charge in [-0.15, -0.1) is 13.2 Å². The fourth-order valence-electron chi connectivity index (χ4n) is 15.2. The molecule has 0 saturated carbocycles. The molecule has 7 aliphatic rings. The van der Waals surface area contributed by atoms with Crippen molar-refractivity contribution in [2.75, 3.05) is 25.5 Å². The minimum absolute atomic E-state index is 0.105. The number of anilines is 1. The third kappa shape index (κ3) is 22.4. The molecule has 2 fully saturated rings. The molecular formula is C83H91Cl2F3N14O27. The highest BCUT2D eigenvalue weighted by Gasteiger charge is 2.53. The maximum absolute atomic E-state index is 16.3. The van der Waals surface area contributed by atoms with E-state index < -0.39 is 283 Å². The lowest BCUT2D eigenvalue weighted by atomic mass is 9.85. The molecule has 7 aliphatic heterocycles. The maximum Gasteiger partial charge on any atom is 0.573 e. The second-order valence-corrected chi connectivity index (χ2v) is 32.4. The number of hydrogen-bond acceptors (Lipinski definition) is 30. The molecule has 129 heavy (non-hydrogen) atoms.